The fourth-order valence-electron chi connectivity index (χ4n) is 1.46. The van der Waals surface area contributed by atoms with Crippen LogP contribution in [0.2, 0.25) is 0 Å². The van der Waals surface area contributed by atoms with Gasteiger partial charge in [0.05, 0.1) is 11.2 Å². The second kappa shape index (κ2) is 5.88. The molecule has 1 N–H and O–H groups in total. The summed E-state index contributed by atoms with van der Waals surface area (Å²) in [4.78, 5) is 0. The van der Waals surface area contributed by atoms with Gasteiger partial charge >= 0.3 is 6.18 Å². The van der Waals surface area contributed by atoms with Crippen LogP contribution in [0.1, 0.15) is 25.0 Å². The largest absolute Gasteiger partial charge is 0.416 e. The zero-order valence-electron chi connectivity index (χ0n) is 11.1. The molecule has 0 spiro atoms. The molecule has 1 rings (SSSR count). The fourth-order valence-corrected chi connectivity index (χ4v) is 1.46. The number of alkyl halides is 3. The van der Waals surface area contributed by atoms with Crippen molar-refractivity contribution >= 4 is 0 Å². The topological polar surface area (TPSA) is 21.3 Å². The van der Waals surface area contributed by atoms with Gasteiger partial charge in [-0.25, -0.2) is 4.39 Å². The molecule has 0 aliphatic carbocycles. The SMILES string of the molecule is COC(C)(C)CNCc1cc(C(F)(F)F)ccc1F. The van der Waals surface area contributed by atoms with Crippen molar-refractivity contribution < 1.29 is 22.3 Å². The maximum atomic E-state index is 13.4. The molecule has 0 unspecified atom stereocenters. The van der Waals surface area contributed by atoms with Crippen LogP contribution in [0.5, 0.6) is 0 Å². The first-order valence-corrected chi connectivity index (χ1v) is 5.77. The van der Waals surface area contributed by atoms with E-state index in [1.165, 1.54) is 7.11 Å². The van der Waals surface area contributed by atoms with Crippen molar-refractivity contribution in [2.24, 2.45) is 0 Å². The molecule has 0 aliphatic rings. The Bertz CT molecular complexity index is 429. The van der Waals surface area contributed by atoms with Crippen LogP contribution in [0.3, 0.4) is 0 Å². The average molecular weight is 279 g/mol. The van der Waals surface area contributed by atoms with E-state index in [1.54, 1.807) is 0 Å². The quantitative estimate of drug-likeness (QED) is 0.834. The van der Waals surface area contributed by atoms with Crippen LogP contribution in [-0.2, 0) is 17.5 Å². The summed E-state index contributed by atoms with van der Waals surface area (Å²) in [5, 5.41) is 2.88. The second-order valence-electron chi connectivity index (χ2n) is 4.87. The van der Waals surface area contributed by atoms with Crippen molar-refractivity contribution in [2.45, 2.75) is 32.2 Å². The van der Waals surface area contributed by atoms with E-state index in [9.17, 15) is 17.6 Å². The maximum absolute atomic E-state index is 13.4. The van der Waals surface area contributed by atoms with Crippen LogP contribution >= 0.6 is 0 Å². The Hall–Kier alpha value is -1.14. The van der Waals surface area contributed by atoms with Crippen LogP contribution in [0.15, 0.2) is 18.2 Å². The monoisotopic (exact) mass is 279 g/mol. The Kier molecular flexibility index (Phi) is 4.92. The summed E-state index contributed by atoms with van der Waals surface area (Å²) in [6.07, 6.45) is -4.46. The lowest BCUT2D eigenvalue weighted by molar-refractivity contribution is -0.137. The highest BCUT2D eigenvalue weighted by Crippen LogP contribution is 2.30. The van der Waals surface area contributed by atoms with Crippen molar-refractivity contribution in [1.82, 2.24) is 5.32 Å². The maximum Gasteiger partial charge on any atom is 0.416 e. The van der Waals surface area contributed by atoms with E-state index < -0.39 is 23.2 Å². The van der Waals surface area contributed by atoms with E-state index in [4.69, 9.17) is 4.74 Å². The number of methoxy groups -OCH3 is 1. The van der Waals surface area contributed by atoms with Gasteiger partial charge in [0, 0.05) is 25.8 Å². The first-order valence-electron chi connectivity index (χ1n) is 5.77. The highest BCUT2D eigenvalue weighted by Gasteiger charge is 2.31. The molecular formula is C13H17F4NO. The number of hydrogen-bond donors (Lipinski definition) is 1. The van der Waals surface area contributed by atoms with E-state index in [0.717, 1.165) is 18.2 Å². The van der Waals surface area contributed by atoms with Gasteiger partial charge in [0.15, 0.2) is 0 Å². The van der Waals surface area contributed by atoms with E-state index in [2.05, 4.69) is 5.32 Å². The predicted molar refractivity (Wildman–Crippen MR) is 64.2 cm³/mol. The molecule has 0 amide bonds. The molecule has 0 aromatic heterocycles. The summed E-state index contributed by atoms with van der Waals surface area (Å²) in [5.41, 5.74) is -1.32. The normalized spacial score (nSPS) is 12.8. The smallest absolute Gasteiger partial charge is 0.377 e. The second-order valence-corrected chi connectivity index (χ2v) is 4.87. The van der Waals surface area contributed by atoms with Gasteiger partial charge in [-0.1, -0.05) is 0 Å². The van der Waals surface area contributed by atoms with Gasteiger partial charge in [0.25, 0.3) is 0 Å². The standard InChI is InChI=1S/C13H17F4NO/c1-12(2,19-3)8-18-7-9-6-10(13(15,16)17)4-5-11(9)14/h4-6,18H,7-8H2,1-3H3. The summed E-state index contributed by atoms with van der Waals surface area (Å²) in [6, 6.07) is 2.39. The highest BCUT2D eigenvalue weighted by molar-refractivity contribution is 5.27. The minimum atomic E-state index is -4.46. The van der Waals surface area contributed by atoms with Gasteiger partial charge in [0.2, 0.25) is 0 Å². The molecule has 19 heavy (non-hydrogen) atoms. The van der Waals surface area contributed by atoms with E-state index >= 15 is 0 Å². The van der Waals surface area contributed by atoms with E-state index in [1.807, 2.05) is 13.8 Å². The molecule has 0 saturated carbocycles. The molecule has 1 aromatic rings. The Labute approximate surface area is 109 Å². The molecule has 0 fully saturated rings. The van der Waals surface area contributed by atoms with Crippen molar-refractivity contribution in [1.29, 1.82) is 0 Å². The minimum Gasteiger partial charge on any atom is -0.377 e. The third-order valence-corrected chi connectivity index (χ3v) is 2.79. The summed E-state index contributed by atoms with van der Waals surface area (Å²) < 4.78 is 56.1. The molecule has 0 heterocycles. The number of rotatable bonds is 5. The van der Waals surface area contributed by atoms with Crippen molar-refractivity contribution in [3.05, 3.63) is 35.1 Å². The number of hydrogen-bond acceptors (Lipinski definition) is 2. The first kappa shape index (κ1) is 15.9. The van der Waals surface area contributed by atoms with Crippen molar-refractivity contribution in [2.75, 3.05) is 13.7 Å². The molecule has 0 aliphatic heterocycles. The van der Waals surface area contributed by atoms with E-state index in [0.29, 0.717) is 6.54 Å². The van der Waals surface area contributed by atoms with Gasteiger partial charge in [-0.15, -0.1) is 0 Å². The molecule has 0 bridgehead atoms. The Morgan fingerprint density at radius 1 is 1.21 bits per heavy atom. The molecule has 108 valence electrons. The third-order valence-electron chi connectivity index (χ3n) is 2.79. The summed E-state index contributed by atoms with van der Waals surface area (Å²) in [7, 11) is 1.53. The minimum absolute atomic E-state index is 0.0123. The average Bonchev–Trinajstić information content (AvgIpc) is 2.30. The lowest BCUT2D eigenvalue weighted by atomic mass is 10.1. The number of benzene rings is 1. The van der Waals surface area contributed by atoms with E-state index in [-0.39, 0.29) is 12.1 Å². The Balaban J connectivity index is 2.73. The van der Waals surface area contributed by atoms with Gasteiger partial charge in [-0.2, -0.15) is 13.2 Å². The van der Waals surface area contributed by atoms with Crippen LogP contribution in [0.25, 0.3) is 0 Å². The molecule has 1 aromatic carbocycles. The summed E-state index contributed by atoms with van der Waals surface area (Å²) in [5.74, 6) is -0.657. The highest BCUT2D eigenvalue weighted by atomic mass is 19.4. The van der Waals surface area contributed by atoms with Crippen LogP contribution < -0.4 is 5.32 Å². The van der Waals surface area contributed by atoms with Crippen LogP contribution in [-0.4, -0.2) is 19.3 Å². The molecule has 2 nitrogen and oxygen atoms in total. The number of ether oxygens (including phenoxy) is 1. The van der Waals surface area contributed by atoms with Gasteiger partial charge < -0.3 is 10.1 Å². The molecule has 6 heteroatoms. The fraction of sp³-hybridized carbons (Fsp3) is 0.538. The number of nitrogens with one attached hydrogen (secondary N) is 1. The van der Waals surface area contributed by atoms with Crippen LogP contribution in [0, 0.1) is 5.82 Å². The molecular weight excluding hydrogens is 262 g/mol. The summed E-state index contributed by atoms with van der Waals surface area (Å²) >= 11 is 0. The zero-order chi connectivity index (χ0) is 14.7. The van der Waals surface area contributed by atoms with Crippen molar-refractivity contribution in [3.8, 4) is 0 Å². The molecule has 0 radical (unpaired) electrons. The Morgan fingerprint density at radius 3 is 2.37 bits per heavy atom. The van der Waals surface area contributed by atoms with Gasteiger partial charge in [-0.05, 0) is 32.0 Å². The third kappa shape index (κ3) is 4.80. The molecule has 0 atom stereocenters. The van der Waals surface area contributed by atoms with Crippen molar-refractivity contribution in [3.63, 3.8) is 0 Å². The lowest BCUT2D eigenvalue weighted by Crippen LogP contribution is -2.36. The Morgan fingerprint density at radius 2 is 1.84 bits per heavy atom. The first-order chi connectivity index (χ1) is 8.65. The zero-order valence-corrected chi connectivity index (χ0v) is 11.1. The predicted octanol–water partition coefficient (Wildman–Crippen LogP) is 3.36. The van der Waals surface area contributed by atoms with Gasteiger partial charge in [-0.3, -0.25) is 0 Å². The lowest BCUT2D eigenvalue weighted by Gasteiger charge is -2.23. The number of halogens is 4. The summed E-state index contributed by atoms with van der Waals surface area (Å²) in [6.45, 7) is 4.06. The van der Waals surface area contributed by atoms with Gasteiger partial charge in [0.1, 0.15) is 5.82 Å². The van der Waals surface area contributed by atoms with Crippen LogP contribution in [0.4, 0.5) is 17.6 Å². The molecule has 0 saturated heterocycles.